The van der Waals surface area contributed by atoms with Gasteiger partial charge in [-0.3, -0.25) is 9.59 Å². The lowest BCUT2D eigenvalue weighted by molar-refractivity contribution is -0.120. The van der Waals surface area contributed by atoms with Crippen LogP contribution in [-0.4, -0.2) is 22.9 Å². The van der Waals surface area contributed by atoms with Gasteiger partial charge >= 0.3 is 5.97 Å². The third-order valence-electron chi connectivity index (χ3n) is 4.61. The highest BCUT2D eigenvalue weighted by atomic mass is 35.5. The maximum absolute atomic E-state index is 12.8. The average molecular weight is 504 g/mol. The lowest BCUT2D eigenvalue weighted by Crippen LogP contribution is -2.32. The van der Waals surface area contributed by atoms with E-state index in [0.29, 0.717) is 16.4 Å². The standard InChI is InChI=1S/C23H13Cl3N2O5/c24-13-2-1-3-15(10-13)28-21(30)19(26)20(22(28)31)27-14-6-4-12(5-7-14)23(32)33-16-8-9-17(25)18(29)11-16/h1-11,27,29H. The number of benzene rings is 3. The molecule has 0 fully saturated rings. The lowest BCUT2D eigenvalue weighted by atomic mass is 10.2. The Morgan fingerprint density at radius 1 is 0.909 bits per heavy atom. The van der Waals surface area contributed by atoms with E-state index in [9.17, 15) is 19.5 Å². The summed E-state index contributed by atoms with van der Waals surface area (Å²) in [5.41, 5.74) is 0.815. The van der Waals surface area contributed by atoms with Gasteiger partial charge < -0.3 is 15.2 Å². The number of esters is 1. The molecule has 1 aliphatic heterocycles. The van der Waals surface area contributed by atoms with E-state index in [-0.39, 0.29) is 32.8 Å². The van der Waals surface area contributed by atoms with Crippen LogP contribution < -0.4 is 15.0 Å². The number of phenolic OH excluding ortho intramolecular Hbond substituents is 1. The van der Waals surface area contributed by atoms with Crippen LogP contribution in [0, 0.1) is 0 Å². The molecule has 0 atom stereocenters. The van der Waals surface area contributed by atoms with Crippen LogP contribution in [-0.2, 0) is 9.59 Å². The largest absolute Gasteiger partial charge is 0.506 e. The maximum Gasteiger partial charge on any atom is 0.343 e. The van der Waals surface area contributed by atoms with Crippen molar-refractivity contribution in [1.82, 2.24) is 0 Å². The van der Waals surface area contributed by atoms with Gasteiger partial charge in [0.05, 0.1) is 16.3 Å². The fourth-order valence-electron chi connectivity index (χ4n) is 3.02. The second kappa shape index (κ2) is 9.15. The van der Waals surface area contributed by atoms with Crippen molar-refractivity contribution in [2.75, 3.05) is 10.2 Å². The normalized spacial score (nSPS) is 13.5. The van der Waals surface area contributed by atoms with E-state index >= 15 is 0 Å². The maximum atomic E-state index is 12.8. The molecule has 0 radical (unpaired) electrons. The number of nitrogens with one attached hydrogen (secondary N) is 1. The van der Waals surface area contributed by atoms with Gasteiger partial charge in [-0.1, -0.05) is 40.9 Å². The molecule has 0 spiro atoms. The number of aromatic hydroxyl groups is 1. The Morgan fingerprint density at radius 3 is 2.30 bits per heavy atom. The van der Waals surface area contributed by atoms with Gasteiger partial charge in [-0.05, 0) is 54.6 Å². The molecular weight excluding hydrogens is 491 g/mol. The molecule has 3 aromatic rings. The number of halogens is 3. The van der Waals surface area contributed by atoms with Crippen LogP contribution in [0.4, 0.5) is 11.4 Å². The van der Waals surface area contributed by atoms with Crippen LogP contribution in [0.3, 0.4) is 0 Å². The number of carbonyl (C=O) groups is 3. The van der Waals surface area contributed by atoms with Gasteiger partial charge in [0.2, 0.25) is 0 Å². The number of nitrogens with zero attached hydrogens (tertiary/aromatic N) is 1. The topological polar surface area (TPSA) is 95.9 Å². The lowest BCUT2D eigenvalue weighted by Gasteiger charge is -2.15. The Labute approximate surface area is 202 Å². The van der Waals surface area contributed by atoms with Crippen molar-refractivity contribution in [3.63, 3.8) is 0 Å². The molecule has 0 bridgehead atoms. The summed E-state index contributed by atoms with van der Waals surface area (Å²) in [5.74, 6) is -2.08. The number of hydrogen-bond acceptors (Lipinski definition) is 6. The van der Waals surface area contributed by atoms with Gasteiger partial charge in [-0.15, -0.1) is 0 Å². The van der Waals surface area contributed by atoms with Crippen LogP contribution in [0.1, 0.15) is 10.4 Å². The van der Waals surface area contributed by atoms with E-state index in [0.717, 1.165) is 4.90 Å². The first-order valence-electron chi connectivity index (χ1n) is 9.36. The van der Waals surface area contributed by atoms with Crippen molar-refractivity contribution in [2.45, 2.75) is 0 Å². The summed E-state index contributed by atoms with van der Waals surface area (Å²) in [4.78, 5) is 38.6. The predicted octanol–water partition coefficient (Wildman–Crippen LogP) is 5.35. The van der Waals surface area contributed by atoms with Gasteiger partial charge in [-0.25, -0.2) is 9.69 Å². The van der Waals surface area contributed by atoms with Crippen LogP contribution in [0.5, 0.6) is 11.5 Å². The zero-order chi connectivity index (χ0) is 23.7. The Balaban J connectivity index is 1.48. The number of anilines is 2. The van der Waals surface area contributed by atoms with E-state index in [1.807, 2.05) is 0 Å². The summed E-state index contributed by atoms with van der Waals surface area (Å²) < 4.78 is 5.21. The predicted molar refractivity (Wildman–Crippen MR) is 125 cm³/mol. The highest BCUT2D eigenvalue weighted by molar-refractivity contribution is 6.53. The fourth-order valence-corrected chi connectivity index (χ4v) is 3.53. The van der Waals surface area contributed by atoms with Crippen LogP contribution in [0.2, 0.25) is 10.0 Å². The molecule has 0 saturated heterocycles. The minimum Gasteiger partial charge on any atom is -0.506 e. The zero-order valence-corrected chi connectivity index (χ0v) is 18.8. The number of hydrogen-bond donors (Lipinski definition) is 2. The van der Waals surface area contributed by atoms with E-state index in [4.69, 9.17) is 39.5 Å². The van der Waals surface area contributed by atoms with Gasteiger partial charge in [0, 0.05) is 16.8 Å². The minimum atomic E-state index is -0.683. The molecule has 33 heavy (non-hydrogen) atoms. The monoisotopic (exact) mass is 502 g/mol. The second-order valence-electron chi connectivity index (χ2n) is 6.82. The van der Waals surface area contributed by atoms with E-state index in [1.54, 1.807) is 18.2 Å². The molecule has 3 aromatic carbocycles. The summed E-state index contributed by atoms with van der Waals surface area (Å²) in [7, 11) is 0. The molecule has 0 unspecified atom stereocenters. The van der Waals surface area contributed by atoms with E-state index < -0.39 is 17.8 Å². The number of amides is 2. The van der Waals surface area contributed by atoms with E-state index in [2.05, 4.69) is 5.32 Å². The highest BCUT2D eigenvalue weighted by Crippen LogP contribution is 2.31. The first kappa shape index (κ1) is 22.7. The van der Waals surface area contributed by atoms with Crippen molar-refractivity contribution >= 4 is 64.0 Å². The molecule has 2 amide bonds. The molecule has 1 heterocycles. The number of phenols is 1. The third-order valence-corrected chi connectivity index (χ3v) is 5.52. The Morgan fingerprint density at radius 2 is 1.64 bits per heavy atom. The van der Waals surface area contributed by atoms with Gasteiger partial charge in [0.25, 0.3) is 11.8 Å². The van der Waals surface area contributed by atoms with Crippen molar-refractivity contribution < 1.29 is 24.2 Å². The van der Waals surface area contributed by atoms with Gasteiger partial charge in [-0.2, -0.15) is 0 Å². The molecule has 166 valence electrons. The van der Waals surface area contributed by atoms with E-state index in [1.165, 1.54) is 48.5 Å². The quantitative estimate of drug-likeness (QED) is 0.277. The number of rotatable bonds is 5. The summed E-state index contributed by atoms with van der Waals surface area (Å²) in [6.07, 6.45) is 0. The van der Waals surface area contributed by atoms with Crippen LogP contribution in [0.25, 0.3) is 0 Å². The number of imide groups is 1. The van der Waals surface area contributed by atoms with Crippen LogP contribution in [0.15, 0.2) is 77.5 Å². The van der Waals surface area contributed by atoms with Crippen molar-refractivity contribution in [3.8, 4) is 11.5 Å². The SMILES string of the molecule is O=C(Oc1ccc(Cl)c(O)c1)c1ccc(NC2=C(Cl)C(=O)N(c3cccc(Cl)c3)C2=O)cc1. The molecule has 0 aromatic heterocycles. The Hall–Kier alpha value is -3.52. The molecule has 1 aliphatic rings. The highest BCUT2D eigenvalue weighted by Gasteiger charge is 2.39. The molecule has 0 saturated carbocycles. The Bertz CT molecular complexity index is 1320. The van der Waals surface area contributed by atoms with Crippen molar-refractivity contribution in [1.29, 1.82) is 0 Å². The summed E-state index contributed by atoms with van der Waals surface area (Å²) in [6.45, 7) is 0. The molecule has 2 N–H and O–H groups in total. The Kier molecular flexibility index (Phi) is 6.29. The van der Waals surface area contributed by atoms with Crippen molar-refractivity contribution in [3.05, 3.63) is 93.1 Å². The molecular formula is C23H13Cl3N2O5. The van der Waals surface area contributed by atoms with Gasteiger partial charge in [0.1, 0.15) is 22.2 Å². The fraction of sp³-hybridized carbons (Fsp3) is 0. The van der Waals surface area contributed by atoms with Crippen LogP contribution >= 0.6 is 34.8 Å². The summed E-state index contributed by atoms with van der Waals surface area (Å²) in [5, 5.41) is 12.7. The summed E-state index contributed by atoms with van der Waals surface area (Å²) >= 11 is 17.8. The number of carbonyl (C=O) groups excluding carboxylic acids is 3. The van der Waals surface area contributed by atoms with Gasteiger partial charge in [0.15, 0.2) is 0 Å². The average Bonchev–Trinajstić information content (AvgIpc) is 3.00. The number of ether oxygens (including phenoxy) is 1. The molecule has 10 heteroatoms. The zero-order valence-electron chi connectivity index (χ0n) is 16.5. The summed E-state index contributed by atoms with van der Waals surface area (Å²) in [6, 6.07) is 16.3. The van der Waals surface area contributed by atoms with Crippen molar-refractivity contribution in [2.24, 2.45) is 0 Å². The molecule has 0 aliphatic carbocycles. The first-order valence-corrected chi connectivity index (χ1v) is 10.5. The first-order chi connectivity index (χ1) is 15.7. The second-order valence-corrected chi connectivity index (χ2v) is 8.04. The molecule has 7 nitrogen and oxygen atoms in total. The molecule has 4 rings (SSSR count). The minimum absolute atomic E-state index is 0.103. The third kappa shape index (κ3) is 4.66. The smallest absolute Gasteiger partial charge is 0.343 e.